The van der Waals surface area contributed by atoms with Crippen LogP contribution in [-0.4, -0.2) is 23.5 Å². The van der Waals surface area contributed by atoms with E-state index in [1.54, 1.807) is 0 Å². The molecule has 0 unspecified atom stereocenters. The summed E-state index contributed by atoms with van der Waals surface area (Å²) in [6.07, 6.45) is 7.37. The number of piperidine rings is 1. The molecule has 0 N–H and O–H groups in total. The lowest BCUT2D eigenvalue weighted by molar-refractivity contribution is 0.0791. The van der Waals surface area contributed by atoms with Crippen molar-refractivity contribution >= 4 is 0 Å². The number of nitrogens with zero attached hydrogens (tertiary/aromatic N) is 2. The van der Waals surface area contributed by atoms with Gasteiger partial charge in [-0.25, -0.2) is 0 Å². The fourth-order valence-corrected chi connectivity index (χ4v) is 2.91. The second-order valence-corrected chi connectivity index (χ2v) is 5.64. The first-order chi connectivity index (χ1) is 7.17. The molecule has 15 heavy (non-hydrogen) atoms. The number of likely N-dealkylation sites (tertiary alicyclic amines) is 1. The van der Waals surface area contributed by atoms with Crippen molar-refractivity contribution in [2.24, 2.45) is 5.41 Å². The third kappa shape index (κ3) is 2.34. The maximum atomic E-state index is 8.83. The van der Waals surface area contributed by atoms with Crippen LogP contribution in [0.15, 0.2) is 0 Å². The van der Waals surface area contributed by atoms with Gasteiger partial charge in [0.05, 0.1) is 6.07 Å². The summed E-state index contributed by atoms with van der Waals surface area (Å²) in [5.74, 6) is 0. The van der Waals surface area contributed by atoms with E-state index in [-0.39, 0.29) is 0 Å². The van der Waals surface area contributed by atoms with Gasteiger partial charge in [0, 0.05) is 25.0 Å². The lowest BCUT2D eigenvalue weighted by atomic mass is 9.93. The molecule has 0 spiro atoms. The Hall–Kier alpha value is -0.550. The molecule has 1 heterocycles. The molecule has 1 aliphatic carbocycles. The highest BCUT2D eigenvalue weighted by atomic mass is 15.2. The van der Waals surface area contributed by atoms with Gasteiger partial charge in [-0.3, -0.25) is 4.90 Å². The van der Waals surface area contributed by atoms with E-state index < -0.39 is 0 Å². The Morgan fingerprint density at radius 1 is 1.27 bits per heavy atom. The molecule has 2 fully saturated rings. The zero-order valence-electron chi connectivity index (χ0n) is 10.00. The van der Waals surface area contributed by atoms with Crippen LogP contribution in [-0.2, 0) is 0 Å². The average molecular weight is 206 g/mol. The Kier molecular flexibility index (Phi) is 3.02. The largest absolute Gasteiger partial charge is 0.297 e. The molecule has 1 saturated carbocycles. The van der Waals surface area contributed by atoms with Crippen molar-refractivity contribution in [2.45, 2.75) is 64.5 Å². The Balaban J connectivity index is 1.95. The van der Waals surface area contributed by atoms with Gasteiger partial charge in [-0.05, 0) is 44.9 Å². The van der Waals surface area contributed by atoms with E-state index in [0.717, 1.165) is 18.5 Å². The molecule has 0 amide bonds. The molecule has 2 nitrogen and oxygen atoms in total. The quantitative estimate of drug-likeness (QED) is 0.710. The van der Waals surface area contributed by atoms with E-state index in [0.29, 0.717) is 5.41 Å². The van der Waals surface area contributed by atoms with Gasteiger partial charge < -0.3 is 0 Å². The third-order valence-electron chi connectivity index (χ3n) is 4.31. The molecule has 1 saturated heterocycles. The van der Waals surface area contributed by atoms with Gasteiger partial charge in [0.2, 0.25) is 0 Å². The van der Waals surface area contributed by atoms with Gasteiger partial charge in [-0.2, -0.15) is 5.26 Å². The van der Waals surface area contributed by atoms with Crippen molar-refractivity contribution in [2.75, 3.05) is 6.54 Å². The van der Waals surface area contributed by atoms with Crippen LogP contribution in [0.25, 0.3) is 0 Å². The molecule has 2 atom stereocenters. The first-order valence-corrected chi connectivity index (χ1v) is 6.30. The maximum Gasteiger partial charge on any atom is 0.0628 e. The Morgan fingerprint density at radius 2 is 1.87 bits per heavy atom. The number of nitriles is 1. The monoisotopic (exact) mass is 206 g/mol. The highest BCUT2D eigenvalue weighted by Crippen LogP contribution is 2.50. The predicted octanol–water partition coefficient (Wildman–Crippen LogP) is 2.94. The second kappa shape index (κ2) is 4.14. The molecule has 2 heteroatoms. The summed E-state index contributed by atoms with van der Waals surface area (Å²) in [6, 6.07) is 3.82. The highest BCUT2D eigenvalue weighted by molar-refractivity contribution is 5.02. The Bertz CT molecular complexity index is 252. The van der Waals surface area contributed by atoms with E-state index in [1.807, 2.05) is 0 Å². The van der Waals surface area contributed by atoms with E-state index in [4.69, 9.17) is 5.26 Å². The molecule has 0 bridgehead atoms. The Labute approximate surface area is 93.3 Å². The Morgan fingerprint density at radius 3 is 2.33 bits per heavy atom. The van der Waals surface area contributed by atoms with Gasteiger partial charge >= 0.3 is 0 Å². The SMILES string of the molecule is C[C@@H]1CCC[C@H](C)N1CC1(CC#N)CC1. The molecule has 0 aromatic rings. The van der Waals surface area contributed by atoms with Crippen LogP contribution >= 0.6 is 0 Å². The van der Waals surface area contributed by atoms with Gasteiger partial charge in [0.1, 0.15) is 0 Å². The molecule has 1 aliphatic heterocycles. The first kappa shape index (κ1) is 11.0. The van der Waals surface area contributed by atoms with Crippen molar-refractivity contribution in [1.29, 1.82) is 5.26 Å². The van der Waals surface area contributed by atoms with E-state index >= 15 is 0 Å². The standard InChI is InChI=1S/C13H22N2/c1-11-4-3-5-12(2)15(11)10-13(6-7-13)8-9-14/h11-12H,3-8,10H2,1-2H3/t11-,12+. The number of rotatable bonds is 3. The molecule has 0 aromatic carbocycles. The normalized spacial score (nSPS) is 34.7. The van der Waals surface area contributed by atoms with Gasteiger partial charge in [0.25, 0.3) is 0 Å². The van der Waals surface area contributed by atoms with Crippen LogP contribution in [0.4, 0.5) is 0 Å². The van der Waals surface area contributed by atoms with Crippen LogP contribution < -0.4 is 0 Å². The third-order valence-corrected chi connectivity index (χ3v) is 4.31. The molecule has 2 aliphatic rings. The minimum absolute atomic E-state index is 0.384. The summed E-state index contributed by atoms with van der Waals surface area (Å²) in [7, 11) is 0. The molecular weight excluding hydrogens is 184 g/mol. The van der Waals surface area contributed by atoms with E-state index in [2.05, 4.69) is 24.8 Å². The highest BCUT2D eigenvalue weighted by Gasteiger charge is 2.45. The summed E-state index contributed by atoms with van der Waals surface area (Å²) in [6.45, 7) is 5.86. The summed E-state index contributed by atoms with van der Waals surface area (Å²) in [5, 5.41) is 8.83. The van der Waals surface area contributed by atoms with Crippen molar-refractivity contribution in [1.82, 2.24) is 4.90 Å². The summed E-state index contributed by atoms with van der Waals surface area (Å²) in [5.41, 5.74) is 0.384. The average Bonchev–Trinajstić information content (AvgIpc) is 2.93. The summed E-state index contributed by atoms with van der Waals surface area (Å²) >= 11 is 0. The summed E-state index contributed by atoms with van der Waals surface area (Å²) < 4.78 is 0. The lowest BCUT2D eigenvalue weighted by Crippen LogP contribution is -2.46. The fourth-order valence-electron chi connectivity index (χ4n) is 2.91. The molecule has 84 valence electrons. The number of hydrogen-bond donors (Lipinski definition) is 0. The minimum atomic E-state index is 0.384. The van der Waals surface area contributed by atoms with Gasteiger partial charge in [-0.15, -0.1) is 0 Å². The predicted molar refractivity (Wildman–Crippen MR) is 61.4 cm³/mol. The zero-order valence-corrected chi connectivity index (χ0v) is 10.00. The van der Waals surface area contributed by atoms with Crippen LogP contribution in [0.3, 0.4) is 0 Å². The first-order valence-electron chi connectivity index (χ1n) is 6.30. The van der Waals surface area contributed by atoms with Crippen LogP contribution in [0, 0.1) is 16.7 Å². The van der Waals surface area contributed by atoms with Crippen molar-refractivity contribution in [3.8, 4) is 6.07 Å². The number of hydrogen-bond acceptors (Lipinski definition) is 2. The lowest BCUT2D eigenvalue weighted by Gasteiger charge is -2.41. The minimum Gasteiger partial charge on any atom is -0.297 e. The topological polar surface area (TPSA) is 27.0 Å². The zero-order chi connectivity index (χ0) is 10.9. The molecule has 0 aromatic heterocycles. The van der Waals surface area contributed by atoms with Gasteiger partial charge in [-0.1, -0.05) is 6.42 Å². The van der Waals surface area contributed by atoms with E-state index in [9.17, 15) is 0 Å². The fraction of sp³-hybridized carbons (Fsp3) is 0.923. The maximum absolute atomic E-state index is 8.83. The molecule has 2 rings (SSSR count). The second-order valence-electron chi connectivity index (χ2n) is 5.64. The molecule has 0 radical (unpaired) electrons. The molecular formula is C13H22N2. The van der Waals surface area contributed by atoms with Crippen molar-refractivity contribution in [3.63, 3.8) is 0 Å². The van der Waals surface area contributed by atoms with Crippen molar-refractivity contribution < 1.29 is 0 Å². The van der Waals surface area contributed by atoms with Crippen LogP contribution in [0.5, 0.6) is 0 Å². The smallest absolute Gasteiger partial charge is 0.0628 e. The van der Waals surface area contributed by atoms with Crippen molar-refractivity contribution in [3.05, 3.63) is 0 Å². The summed E-state index contributed by atoms with van der Waals surface area (Å²) in [4.78, 5) is 2.65. The van der Waals surface area contributed by atoms with Crippen LogP contribution in [0.1, 0.15) is 52.4 Å². The van der Waals surface area contributed by atoms with Crippen LogP contribution in [0.2, 0.25) is 0 Å². The van der Waals surface area contributed by atoms with E-state index in [1.165, 1.54) is 38.6 Å². The van der Waals surface area contributed by atoms with Gasteiger partial charge in [0.15, 0.2) is 0 Å².